The average molecular weight is 512 g/mol. The van der Waals surface area contributed by atoms with Gasteiger partial charge in [0, 0.05) is 34.2 Å². The number of benzene rings is 3. The van der Waals surface area contributed by atoms with Gasteiger partial charge in [-0.25, -0.2) is 9.69 Å². The Bertz CT molecular complexity index is 1530. The minimum atomic E-state index is -0.756. The van der Waals surface area contributed by atoms with Gasteiger partial charge in [-0.05, 0) is 59.9 Å². The number of para-hydroxylation sites is 1. The van der Waals surface area contributed by atoms with Gasteiger partial charge in [-0.3, -0.25) is 14.9 Å². The van der Waals surface area contributed by atoms with Crippen molar-refractivity contribution in [3.05, 3.63) is 106 Å². The van der Waals surface area contributed by atoms with Crippen LogP contribution in [0.5, 0.6) is 0 Å². The largest absolute Gasteiger partial charge is 0.342 e. The van der Waals surface area contributed by atoms with Crippen LogP contribution in [0.25, 0.3) is 17.0 Å². The van der Waals surface area contributed by atoms with Gasteiger partial charge in [-0.1, -0.05) is 67.9 Å². The number of carbonyl (C=O) groups excluding carboxylic acids is 3. The highest BCUT2D eigenvalue weighted by Crippen LogP contribution is 2.28. The third kappa shape index (κ3) is 4.80. The summed E-state index contributed by atoms with van der Waals surface area (Å²) in [4.78, 5) is 39.9. The number of nitrogens with zero attached hydrogens (tertiary/aromatic N) is 2. The van der Waals surface area contributed by atoms with Crippen molar-refractivity contribution < 1.29 is 14.4 Å². The number of carbonyl (C=O) groups is 3. The SMILES string of the molecule is CCC(C)c1ccc(N2C(=O)NC(=O)/C(=C\c3cn(Cc4ccc(Cl)cc4)c4ccccc34)C2=O)cc1. The molecule has 0 saturated carbocycles. The van der Waals surface area contributed by atoms with Crippen LogP contribution in [-0.2, 0) is 16.1 Å². The second kappa shape index (κ2) is 10.1. The lowest BCUT2D eigenvalue weighted by atomic mass is 9.98. The molecule has 4 amide bonds. The van der Waals surface area contributed by atoms with E-state index in [1.54, 1.807) is 18.2 Å². The predicted molar refractivity (Wildman–Crippen MR) is 147 cm³/mol. The van der Waals surface area contributed by atoms with Crippen molar-refractivity contribution in [2.45, 2.75) is 32.7 Å². The molecular formula is C30H26ClN3O3. The van der Waals surface area contributed by atoms with Crippen LogP contribution in [0.1, 0.15) is 42.9 Å². The molecule has 2 heterocycles. The number of halogens is 1. The summed E-state index contributed by atoms with van der Waals surface area (Å²) >= 11 is 6.03. The Hall–Kier alpha value is -4.16. The molecule has 0 aliphatic carbocycles. The molecule has 1 aliphatic rings. The highest BCUT2D eigenvalue weighted by atomic mass is 35.5. The second-order valence-corrected chi connectivity index (χ2v) is 9.65. The summed E-state index contributed by atoms with van der Waals surface area (Å²) in [6, 6.07) is 22.0. The standard InChI is InChI=1S/C30H26ClN3O3/c1-3-19(2)21-10-14-24(15-11-21)34-29(36)26(28(35)32-30(34)37)16-22-18-33(27-7-5-4-6-25(22)27)17-20-8-12-23(31)13-9-20/h4-16,18-19H,3,17H2,1-2H3,(H,32,35,37)/b26-16+. The Morgan fingerprint density at radius 2 is 1.65 bits per heavy atom. The normalized spacial score (nSPS) is 15.9. The summed E-state index contributed by atoms with van der Waals surface area (Å²) in [5.41, 5.74) is 4.18. The summed E-state index contributed by atoms with van der Waals surface area (Å²) in [6.45, 7) is 4.82. The summed E-state index contributed by atoms with van der Waals surface area (Å²) in [6.07, 6.45) is 4.45. The minimum Gasteiger partial charge on any atom is -0.342 e. The van der Waals surface area contributed by atoms with Crippen molar-refractivity contribution in [2.75, 3.05) is 4.90 Å². The third-order valence-electron chi connectivity index (χ3n) is 6.82. The van der Waals surface area contributed by atoms with Crippen LogP contribution in [0.3, 0.4) is 0 Å². The molecule has 1 N–H and O–H groups in total. The highest BCUT2D eigenvalue weighted by Gasteiger charge is 2.37. The van der Waals surface area contributed by atoms with Crippen molar-refractivity contribution in [1.29, 1.82) is 0 Å². The van der Waals surface area contributed by atoms with Gasteiger partial charge in [-0.15, -0.1) is 0 Å². The lowest BCUT2D eigenvalue weighted by Gasteiger charge is -2.26. The van der Waals surface area contributed by atoms with Crippen LogP contribution in [0.2, 0.25) is 5.02 Å². The van der Waals surface area contributed by atoms with Crippen LogP contribution >= 0.6 is 11.6 Å². The Labute approximate surface area is 220 Å². The maximum Gasteiger partial charge on any atom is 0.335 e. The maximum absolute atomic E-state index is 13.4. The molecule has 3 aromatic carbocycles. The van der Waals surface area contributed by atoms with E-state index < -0.39 is 17.8 Å². The lowest BCUT2D eigenvalue weighted by Crippen LogP contribution is -2.54. The molecule has 37 heavy (non-hydrogen) atoms. The first-order chi connectivity index (χ1) is 17.9. The first-order valence-electron chi connectivity index (χ1n) is 12.2. The van der Waals surface area contributed by atoms with Gasteiger partial charge in [0.05, 0.1) is 5.69 Å². The van der Waals surface area contributed by atoms with E-state index in [1.807, 2.05) is 66.9 Å². The van der Waals surface area contributed by atoms with E-state index in [0.717, 1.165) is 33.4 Å². The van der Waals surface area contributed by atoms with Gasteiger partial charge in [0.15, 0.2) is 0 Å². The molecule has 7 heteroatoms. The number of hydrogen-bond acceptors (Lipinski definition) is 3. The Morgan fingerprint density at radius 1 is 0.946 bits per heavy atom. The van der Waals surface area contributed by atoms with Crippen LogP contribution in [0.15, 0.2) is 84.6 Å². The number of rotatable bonds is 6. The molecule has 0 spiro atoms. The van der Waals surface area contributed by atoms with E-state index in [9.17, 15) is 14.4 Å². The van der Waals surface area contributed by atoms with E-state index in [1.165, 1.54) is 0 Å². The number of anilines is 1. The number of amides is 4. The van der Waals surface area contributed by atoms with Crippen LogP contribution in [-0.4, -0.2) is 22.4 Å². The first kappa shape index (κ1) is 24.5. The molecular weight excluding hydrogens is 486 g/mol. The fourth-order valence-corrected chi connectivity index (χ4v) is 4.67. The van der Waals surface area contributed by atoms with Crippen molar-refractivity contribution in [3.63, 3.8) is 0 Å². The zero-order chi connectivity index (χ0) is 26.1. The molecule has 186 valence electrons. The van der Waals surface area contributed by atoms with E-state index in [-0.39, 0.29) is 5.57 Å². The Kier molecular flexibility index (Phi) is 6.68. The maximum atomic E-state index is 13.4. The number of barbiturate groups is 1. The highest BCUT2D eigenvalue weighted by molar-refractivity contribution is 6.39. The number of nitrogens with one attached hydrogen (secondary N) is 1. The minimum absolute atomic E-state index is 0.0972. The van der Waals surface area contributed by atoms with Gasteiger partial charge in [-0.2, -0.15) is 0 Å². The molecule has 0 bridgehead atoms. The smallest absolute Gasteiger partial charge is 0.335 e. The number of aromatic nitrogens is 1. The molecule has 0 radical (unpaired) electrons. The average Bonchev–Trinajstić information content (AvgIpc) is 3.24. The number of hydrogen-bond donors (Lipinski definition) is 1. The van der Waals surface area contributed by atoms with Gasteiger partial charge in [0.1, 0.15) is 5.57 Å². The van der Waals surface area contributed by atoms with Crippen LogP contribution < -0.4 is 10.2 Å². The topological polar surface area (TPSA) is 71.4 Å². The zero-order valence-electron chi connectivity index (χ0n) is 20.6. The van der Waals surface area contributed by atoms with Gasteiger partial charge in [0.25, 0.3) is 11.8 Å². The summed E-state index contributed by atoms with van der Waals surface area (Å²) in [5, 5.41) is 3.88. The van der Waals surface area contributed by atoms with E-state index >= 15 is 0 Å². The fraction of sp³-hybridized carbons (Fsp3) is 0.167. The summed E-state index contributed by atoms with van der Waals surface area (Å²) in [5.74, 6) is -1.00. The second-order valence-electron chi connectivity index (χ2n) is 9.21. The monoisotopic (exact) mass is 511 g/mol. The summed E-state index contributed by atoms with van der Waals surface area (Å²) in [7, 11) is 0. The van der Waals surface area contributed by atoms with Gasteiger partial charge in [0.2, 0.25) is 0 Å². The predicted octanol–water partition coefficient (Wildman–Crippen LogP) is 6.52. The van der Waals surface area contributed by atoms with Crippen molar-refractivity contribution in [2.24, 2.45) is 0 Å². The zero-order valence-corrected chi connectivity index (χ0v) is 21.3. The fourth-order valence-electron chi connectivity index (χ4n) is 4.54. The first-order valence-corrected chi connectivity index (χ1v) is 12.6. The van der Waals surface area contributed by atoms with Gasteiger partial charge < -0.3 is 4.57 Å². The van der Waals surface area contributed by atoms with E-state index in [4.69, 9.17) is 11.6 Å². The van der Waals surface area contributed by atoms with Crippen LogP contribution in [0, 0.1) is 0 Å². The number of fused-ring (bicyclic) bond motifs is 1. The van der Waals surface area contributed by atoms with Crippen molar-refractivity contribution in [1.82, 2.24) is 9.88 Å². The molecule has 6 nitrogen and oxygen atoms in total. The molecule has 1 aliphatic heterocycles. The molecule has 5 rings (SSSR count). The van der Waals surface area contributed by atoms with E-state index in [2.05, 4.69) is 23.7 Å². The molecule has 4 aromatic rings. The van der Waals surface area contributed by atoms with E-state index in [0.29, 0.717) is 28.7 Å². The molecule has 1 aromatic heterocycles. The van der Waals surface area contributed by atoms with Crippen molar-refractivity contribution in [3.8, 4) is 0 Å². The van der Waals surface area contributed by atoms with Gasteiger partial charge >= 0.3 is 6.03 Å². The molecule has 1 fully saturated rings. The molecule has 1 saturated heterocycles. The summed E-state index contributed by atoms with van der Waals surface area (Å²) < 4.78 is 2.06. The van der Waals surface area contributed by atoms with Crippen molar-refractivity contribution >= 4 is 52.1 Å². The Balaban J connectivity index is 1.51. The molecule has 1 unspecified atom stereocenters. The quantitative estimate of drug-likeness (QED) is 0.236. The number of imide groups is 2. The molecule has 1 atom stereocenters. The van der Waals surface area contributed by atoms with Crippen LogP contribution in [0.4, 0.5) is 10.5 Å². The number of urea groups is 1. The third-order valence-corrected chi connectivity index (χ3v) is 7.07. The Morgan fingerprint density at radius 3 is 2.35 bits per heavy atom. The lowest BCUT2D eigenvalue weighted by molar-refractivity contribution is -0.122.